The number of hydrogen-bond donors (Lipinski definition) is 1. The predicted octanol–water partition coefficient (Wildman–Crippen LogP) is 4.42. The second-order valence-electron chi connectivity index (χ2n) is 8.31. The van der Waals surface area contributed by atoms with Gasteiger partial charge >= 0.3 is 11.8 Å². The highest BCUT2D eigenvalue weighted by molar-refractivity contribution is 5.75. The van der Waals surface area contributed by atoms with E-state index in [1.807, 2.05) is 0 Å². The standard InChI is InChI=1S/C21H22F5N3O/c1-12(30)27-19(11-20(23,24)21(19,25)26)18-17(14-6-4-7-14)16(28-29(18)2)10-13-5-3-8-15(22)9-13/h3,5,8-9,14H,4,6-7,10-11H2,1-2H3,(H,27,30)/t19-/m1/s1. The first-order valence-corrected chi connectivity index (χ1v) is 9.83. The molecule has 30 heavy (non-hydrogen) atoms. The average Bonchev–Trinajstić information content (AvgIpc) is 2.88. The van der Waals surface area contributed by atoms with Gasteiger partial charge in [-0.2, -0.15) is 22.7 Å². The molecule has 0 spiro atoms. The normalized spacial score (nSPS) is 24.8. The molecule has 9 heteroatoms. The van der Waals surface area contributed by atoms with Gasteiger partial charge in [0.15, 0.2) is 5.54 Å². The first kappa shape index (κ1) is 20.8. The van der Waals surface area contributed by atoms with Crippen LogP contribution in [0.4, 0.5) is 22.0 Å². The number of nitrogens with one attached hydrogen (secondary N) is 1. The van der Waals surface area contributed by atoms with Gasteiger partial charge in [-0.25, -0.2) is 4.39 Å². The van der Waals surface area contributed by atoms with Gasteiger partial charge in [-0.3, -0.25) is 9.48 Å². The molecule has 1 amide bonds. The summed E-state index contributed by atoms with van der Waals surface area (Å²) in [6.07, 6.45) is 1.29. The zero-order chi connectivity index (χ0) is 21.9. The van der Waals surface area contributed by atoms with Crippen LogP contribution in [0, 0.1) is 5.82 Å². The van der Waals surface area contributed by atoms with Gasteiger partial charge in [-0.1, -0.05) is 18.6 Å². The summed E-state index contributed by atoms with van der Waals surface area (Å²) in [7, 11) is 1.42. The second-order valence-corrected chi connectivity index (χ2v) is 8.31. The van der Waals surface area contributed by atoms with E-state index in [9.17, 15) is 26.7 Å². The number of benzene rings is 1. The minimum absolute atomic E-state index is 0.0790. The number of carbonyl (C=O) groups is 1. The highest BCUT2D eigenvalue weighted by Crippen LogP contribution is 2.64. The van der Waals surface area contributed by atoms with E-state index in [1.54, 1.807) is 6.07 Å². The molecule has 2 aliphatic rings. The fraction of sp³-hybridized carbons (Fsp3) is 0.524. The Balaban J connectivity index is 1.86. The van der Waals surface area contributed by atoms with Crippen molar-refractivity contribution in [1.82, 2.24) is 15.1 Å². The molecule has 0 unspecified atom stereocenters. The number of carbonyl (C=O) groups excluding carboxylic acids is 1. The molecule has 1 N–H and O–H groups in total. The van der Waals surface area contributed by atoms with Crippen molar-refractivity contribution in [3.8, 4) is 0 Å². The Labute approximate surface area is 170 Å². The van der Waals surface area contributed by atoms with E-state index < -0.39 is 35.5 Å². The molecule has 0 saturated heterocycles. The maximum atomic E-state index is 14.9. The lowest BCUT2D eigenvalue weighted by molar-refractivity contribution is -0.335. The third-order valence-corrected chi connectivity index (χ3v) is 6.21. The van der Waals surface area contributed by atoms with Crippen molar-refractivity contribution in [3.63, 3.8) is 0 Å². The van der Waals surface area contributed by atoms with Crippen LogP contribution in [0.5, 0.6) is 0 Å². The first-order valence-electron chi connectivity index (χ1n) is 9.83. The van der Waals surface area contributed by atoms with Crippen molar-refractivity contribution < 1.29 is 26.7 Å². The van der Waals surface area contributed by atoms with Gasteiger partial charge in [-0.15, -0.1) is 0 Å². The van der Waals surface area contributed by atoms with Crippen LogP contribution in [0.1, 0.15) is 61.0 Å². The first-order chi connectivity index (χ1) is 14.0. The van der Waals surface area contributed by atoms with Crippen LogP contribution in [0.15, 0.2) is 24.3 Å². The summed E-state index contributed by atoms with van der Waals surface area (Å²) in [4.78, 5) is 11.8. The summed E-state index contributed by atoms with van der Waals surface area (Å²) >= 11 is 0. The zero-order valence-electron chi connectivity index (χ0n) is 16.6. The lowest BCUT2D eigenvalue weighted by Gasteiger charge is -2.54. The van der Waals surface area contributed by atoms with Crippen molar-refractivity contribution in [2.45, 2.75) is 62.3 Å². The van der Waals surface area contributed by atoms with E-state index in [0.717, 1.165) is 13.3 Å². The van der Waals surface area contributed by atoms with E-state index in [1.165, 1.54) is 29.9 Å². The van der Waals surface area contributed by atoms with Gasteiger partial charge in [0.25, 0.3) is 0 Å². The molecule has 2 saturated carbocycles. The van der Waals surface area contributed by atoms with E-state index in [2.05, 4.69) is 10.4 Å². The zero-order valence-corrected chi connectivity index (χ0v) is 16.6. The van der Waals surface area contributed by atoms with Crippen LogP contribution >= 0.6 is 0 Å². The molecule has 0 radical (unpaired) electrons. The Morgan fingerprint density at radius 1 is 1.27 bits per heavy atom. The van der Waals surface area contributed by atoms with Crippen molar-refractivity contribution >= 4 is 5.91 Å². The maximum absolute atomic E-state index is 14.9. The topological polar surface area (TPSA) is 46.9 Å². The molecule has 2 aliphatic carbocycles. The molecular formula is C21H22F5N3O. The quantitative estimate of drug-likeness (QED) is 0.718. The predicted molar refractivity (Wildman–Crippen MR) is 99.0 cm³/mol. The van der Waals surface area contributed by atoms with Crippen molar-refractivity contribution in [3.05, 3.63) is 52.6 Å². The molecule has 0 aliphatic heterocycles. The Hall–Kier alpha value is -2.45. The fourth-order valence-corrected chi connectivity index (χ4v) is 4.67. The summed E-state index contributed by atoms with van der Waals surface area (Å²) in [5.74, 6) is -10.1. The van der Waals surface area contributed by atoms with Gasteiger partial charge in [-0.05, 0) is 36.5 Å². The van der Waals surface area contributed by atoms with Crippen molar-refractivity contribution in [2.24, 2.45) is 7.05 Å². The summed E-state index contributed by atoms with van der Waals surface area (Å²) in [5, 5.41) is 6.51. The van der Waals surface area contributed by atoms with Crippen molar-refractivity contribution in [2.75, 3.05) is 0 Å². The number of halogens is 5. The second kappa shape index (κ2) is 6.78. The van der Waals surface area contributed by atoms with E-state index in [-0.39, 0.29) is 18.0 Å². The SMILES string of the molecule is CC(=O)N[C@@]1(c2c(C3CCC3)c(Cc3cccc(F)c3)nn2C)CC(F)(F)C1(F)F. The molecule has 1 aromatic carbocycles. The molecule has 1 aromatic heterocycles. The van der Waals surface area contributed by atoms with E-state index >= 15 is 0 Å². The molecule has 4 nitrogen and oxygen atoms in total. The maximum Gasteiger partial charge on any atom is 0.338 e. The smallest absolute Gasteiger partial charge is 0.338 e. The summed E-state index contributed by atoms with van der Waals surface area (Å²) < 4.78 is 72.4. The monoisotopic (exact) mass is 427 g/mol. The minimum atomic E-state index is -4.46. The third-order valence-electron chi connectivity index (χ3n) is 6.21. The van der Waals surface area contributed by atoms with Crippen molar-refractivity contribution in [1.29, 1.82) is 0 Å². The molecule has 1 heterocycles. The highest BCUT2D eigenvalue weighted by atomic mass is 19.3. The lowest BCUT2D eigenvalue weighted by atomic mass is 9.63. The average molecular weight is 427 g/mol. The highest BCUT2D eigenvalue weighted by Gasteiger charge is 2.82. The Morgan fingerprint density at radius 3 is 2.47 bits per heavy atom. The number of alkyl halides is 4. The van der Waals surface area contributed by atoms with E-state index in [0.29, 0.717) is 29.7 Å². The van der Waals surface area contributed by atoms with E-state index in [4.69, 9.17) is 0 Å². The Bertz CT molecular complexity index is 999. The Kier molecular flexibility index (Phi) is 4.70. The van der Waals surface area contributed by atoms with Crippen LogP contribution in [-0.2, 0) is 23.8 Å². The Morgan fingerprint density at radius 2 is 1.97 bits per heavy atom. The molecule has 2 aromatic rings. The molecule has 1 atom stereocenters. The third kappa shape index (κ3) is 2.93. The number of aryl methyl sites for hydroxylation is 1. The molecule has 162 valence electrons. The lowest BCUT2D eigenvalue weighted by Crippen LogP contribution is -2.76. The summed E-state index contributed by atoms with van der Waals surface area (Å²) in [6, 6.07) is 5.85. The van der Waals surface area contributed by atoms with Crippen LogP contribution in [0.2, 0.25) is 0 Å². The van der Waals surface area contributed by atoms with Crippen LogP contribution in [0.3, 0.4) is 0 Å². The molecule has 2 fully saturated rings. The number of rotatable bonds is 5. The number of amides is 1. The number of hydrogen-bond acceptors (Lipinski definition) is 2. The fourth-order valence-electron chi connectivity index (χ4n) is 4.67. The number of aromatic nitrogens is 2. The van der Waals surface area contributed by atoms with Gasteiger partial charge in [0, 0.05) is 26.0 Å². The van der Waals surface area contributed by atoms with Gasteiger partial charge in [0.1, 0.15) is 5.82 Å². The molecule has 4 rings (SSSR count). The summed E-state index contributed by atoms with van der Waals surface area (Å²) in [5.41, 5.74) is -1.10. The van der Waals surface area contributed by atoms with Crippen LogP contribution in [-0.4, -0.2) is 27.5 Å². The molecular weight excluding hydrogens is 405 g/mol. The number of nitrogens with zero attached hydrogens (tertiary/aromatic N) is 2. The van der Waals surface area contributed by atoms with Gasteiger partial charge in [0.05, 0.1) is 17.8 Å². The van der Waals surface area contributed by atoms with Gasteiger partial charge in [0.2, 0.25) is 5.91 Å². The molecule has 0 bridgehead atoms. The van der Waals surface area contributed by atoms with Gasteiger partial charge < -0.3 is 5.32 Å². The minimum Gasteiger partial charge on any atom is -0.339 e. The summed E-state index contributed by atoms with van der Waals surface area (Å²) in [6.45, 7) is 1.03. The largest absolute Gasteiger partial charge is 0.339 e. The van der Waals surface area contributed by atoms with Crippen LogP contribution < -0.4 is 5.32 Å². The van der Waals surface area contributed by atoms with Crippen LogP contribution in [0.25, 0.3) is 0 Å².